The van der Waals surface area contributed by atoms with Gasteiger partial charge in [0.2, 0.25) is 0 Å². The third kappa shape index (κ3) is 2.89. The molecule has 3 heteroatoms. The molecule has 0 atom stereocenters. The lowest BCUT2D eigenvalue weighted by Gasteiger charge is -2.11. The second kappa shape index (κ2) is 5.21. The van der Waals surface area contributed by atoms with Crippen LogP contribution in [0.15, 0.2) is 18.2 Å². The average molecular weight is 221 g/mol. The van der Waals surface area contributed by atoms with Crippen molar-refractivity contribution in [3.8, 4) is 11.5 Å². The van der Waals surface area contributed by atoms with Gasteiger partial charge in [-0.3, -0.25) is 0 Å². The normalized spacial score (nSPS) is 14.9. The van der Waals surface area contributed by atoms with Crippen molar-refractivity contribution < 1.29 is 9.47 Å². The van der Waals surface area contributed by atoms with Crippen LogP contribution < -0.4 is 14.8 Å². The van der Waals surface area contributed by atoms with E-state index in [1.807, 2.05) is 18.2 Å². The molecule has 88 valence electrons. The van der Waals surface area contributed by atoms with Crippen LogP contribution in [0.1, 0.15) is 18.4 Å². The van der Waals surface area contributed by atoms with Gasteiger partial charge in [0.05, 0.1) is 14.2 Å². The van der Waals surface area contributed by atoms with Crippen LogP contribution in [0.2, 0.25) is 0 Å². The molecule has 1 fully saturated rings. The van der Waals surface area contributed by atoms with Gasteiger partial charge in [-0.05, 0) is 43.5 Å². The van der Waals surface area contributed by atoms with Crippen molar-refractivity contribution in [2.24, 2.45) is 5.92 Å². The van der Waals surface area contributed by atoms with Crippen LogP contribution in [0.5, 0.6) is 11.5 Å². The van der Waals surface area contributed by atoms with Crippen LogP contribution in [0.4, 0.5) is 0 Å². The highest BCUT2D eigenvalue weighted by Crippen LogP contribution is 2.28. The molecule has 1 aromatic carbocycles. The summed E-state index contributed by atoms with van der Waals surface area (Å²) < 4.78 is 10.5. The van der Waals surface area contributed by atoms with Crippen molar-refractivity contribution in [1.29, 1.82) is 0 Å². The highest BCUT2D eigenvalue weighted by Gasteiger charge is 2.20. The molecule has 0 aromatic heterocycles. The van der Waals surface area contributed by atoms with E-state index in [0.717, 1.165) is 36.1 Å². The molecule has 3 nitrogen and oxygen atoms in total. The first kappa shape index (κ1) is 11.3. The van der Waals surface area contributed by atoms with Crippen molar-refractivity contribution in [2.75, 3.05) is 20.8 Å². The van der Waals surface area contributed by atoms with Gasteiger partial charge >= 0.3 is 0 Å². The predicted octanol–water partition coefficient (Wildman–Crippen LogP) is 2.20. The molecule has 0 amide bonds. The largest absolute Gasteiger partial charge is 0.497 e. The summed E-state index contributed by atoms with van der Waals surface area (Å²) in [6.07, 6.45) is 2.75. The van der Waals surface area contributed by atoms with Gasteiger partial charge in [-0.1, -0.05) is 0 Å². The monoisotopic (exact) mass is 221 g/mol. The SMILES string of the molecule is COc1ccc(OC)c(CNCC2CC2)c1. The molecule has 0 radical (unpaired) electrons. The fourth-order valence-corrected chi connectivity index (χ4v) is 1.75. The first-order valence-corrected chi connectivity index (χ1v) is 5.75. The van der Waals surface area contributed by atoms with Crippen LogP contribution in [0.3, 0.4) is 0 Å². The lowest BCUT2D eigenvalue weighted by molar-refractivity contribution is 0.397. The van der Waals surface area contributed by atoms with Gasteiger partial charge in [-0.15, -0.1) is 0 Å². The molecule has 0 bridgehead atoms. The number of benzene rings is 1. The van der Waals surface area contributed by atoms with Gasteiger partial charge in [0, 0.05) is 12.1 Å². The van der Waals surface area contributed by atoms with Gasteiger partial charge in [0.25, 0.3) is 0 Å². The summed E-state index contributed by atoms with van der Waals surface area (Å²) in [5, 5.41) is 3.45. The van der Waals surface area contributed by atoms with E-state index >= 15 is 0 Å². The van der Waals surface area contributed by atoms with Gasteiger partial charge in [0.15, 0.2) is 0 Å². The molecule has 2 rings (SSSR count). The van der Waals surface area contributed by atoms with Crippen molar-refractivity contribution in [3.05, 3.63) is 23.8 Å². The lowest BCUT2D eigenvalue weighted by atomic mass is 10.2. The molecule has 16 heavy (non-hydrogen) atoms. The number of rotatable bonds is 6. The Balaban J connectivity index is 1.97. The van der Waals surface area contributed by atoms with Crippen LogP contribution in [0.25, 0.3) is 0 Å². The zero-order valence-electron chi connectivity index (χ0n) is 9.95. The average Bonchev–Trinajstić information content (AvgIpc) is 3.13. The van der Waals surface area contributed by atoms with Crippen molar-refractivity contribution in [2.45, 2.75) is 19.4 Å². The minimum absolute atomic E-state index is 0.844. The quantitative estimate of drug-likeness (QED) is 0.799. The third-order valence-corrected chi connectivity index (χ3v) is 2.93. The van der Waals surface area contributed by atoms with Crippen molar-refractivity contribution >= 4 is 0 Å². The first-order valence-electron chi connectivity index (χ1n) is 5.75. The molecule has 0 heterocycles. The van der Waals surface area contributed by atoms with E-state index in [4.69, 9.17) is 9.47 Å². The summed E-state index contributed by atoms with van der Waals surface area (Å²) in [7, 11) is 3.38. The maximum atomic E-state index is 5.32. The Morgan fingerprint density at radius 2 is 2.06 bits per heavy atom. The maximum Gasteiger partial charge on any atom is 0.123 e. The number of ether oxygens (including phenoxy) is 2. The second-order valence-corrected chi connectivity index (χ2v) is 4.25. The molecule has 1 aliphatic rings. The highest BCUT2D eigenvalue weighted by atomic mass is 16.5. The maximum absolute atomic E-state index is 5.32. The molecule has 1 saturated carbocycles. The van der Waals surface area contributed by atoms with E-state index in [2.05, 4.69) is 5.32 Å². The highest BCUT2D eigenvalue weighted by molar-refractivity contribution is 5.40. The zero-order valence-corrected chi connectivity index (χ0v) is 9.95. The minimum Gasteiger partial charge on any atom is -0.497 e. The minimum atomic E-state index is 0.844. The predicted molar refractivity (Wildman–Crippen MR) is 64.0 cm³/mol. The number of hydrogen-bond donors (Lipinski definition) is 1. The van der Waals surface area contributed by atoms with E-state index in [9.17, 15) is 0 Å². The summed E-state index contributed by atoms with van der Waals surface area (Å²) in [6.45, 7) is 1.96. The molecule has 0 saturated heterocycles. The Morgan fingerprint density at radius 3 is 2.69 bits per heavy atom. The Hall–Kier alpha value is -1.22. The van der Waals surface area contributed by atoms with Crippen molar-refractivity contribution in [1.82, 2.24) is 5.32 Å². The molecule has 1 N–H and O–H groups in total. The number of hydrogen-bond acceptors (Lipinski definition) is 3. The molecule has 0 aliphatic heterocycles. The number of nitrogens with one attached hydrogen (secondary N) is 1. The van der Waals surface area contributed by atoms with E-state index < -0.39 is 0 Å². The lowest BCUT2D eigenvalue weighted by Crippen LogP contribution is -2.16. The summed E-state index contributed by atoms with van der Waals surface area (Å²) in [5.74, 6) is 2.70. The van der Waals surface area contributed by atoms with Gasteiger partial charge in [-0.25, -0.2) is 0 Å². The summed E-state index contributed by atoms with van der Waals surface area (Å²) in [6, 6.07) is 5.90. The topological polar surface area (TPSA) is 30.5 Å². The number of methoxy groups -OCH3 is 2. The molecule has 0 spiro atoms. The standard InChI is InChI=1S/C13H19NO2/c1-15-12-5-6-13(16-2)11(7-12)9-14-8-10-3-4-10/h5-7,10,14H,3-4,8-9H2,1-2H3. The van der Waals surface area contributed by atoms with Crippen molar-refractivity contribution in [3.63, 3.8) is 0 Å². The van der Waals surface area contributed by atoms with Crippen LogP contribution in [-0.4, -0.2) is 20.8 Å². The van der Waals surface area contributed by atoms with E-state index in [1.54, 1.807) is 14.2 Å². The summed E-state index contributed by atoms with van der Waals surface area (Å²) in [5.41, 5.74) is 1.16. The fourth-order valence-electron chi connectivity index (χ4n) is 1.75. The van der Waals surface area contributed by atoms with Gasteiger partial charge < -0.3 is 14.8 Å². The zero-order chi connectivity index (χ0) is 11.4. The summed E-state index contributed by atoms with van der Waals surface area (Å²) >= 11 is 0. The van der Waals surface area contributed by atoms with E-state index in [1.165, 1.54) is 12.8 Å². The van der Waals surface area contributed by atoms with E-state index in [-0.39, 0.29) is 0 Å². The molecule has 1 aromatic rings. The van der Waals surface area contributed by atoms with Gasteiger partial charge in [0.1, 0.15) is 11.5 Å². The smallest absolute Gasteiger partial charge is 0.123 e. The second-order valence-electron chi connectivity index (χ2n) is 4.25. The Labute approximate surface area is 96.8 Å². The Bertz CT molecular complexity index is 348. The molecule has 0 unspecified atom stereocenters. The van der Waals surface area contributed by atoms with Gasteiger partial charge in [-0.2, -0.15) is 0 Å². The first-order chi connectivity index (χ1) is 7.83. The molecule has 1 aliphatic carbocycles. The summed E-state index contributed by atoms with van der Waals surface area (Å²) in [4.78, 5) is 0. The van der Waals surface area contributed by atoms with Crippen LogP contribution in [0, 0.1) is 5.92 Å². The fraction of sp³-hybridized carbons (Fsp3) is 0.538. The Morgan fingerprint density at radius 1 is 1.25 bits per heavy atom. The van der Waals surface area contributed by atoms with Crippen LogP contribution in [-0.2, 0) is 6.54 Å². The van der Waals surface area contributed by atoms with Crippen LogP contribution >= 0.6 is 0 Å². The molecular formula is C13H19NO2. The van der Waals surface area contributed by atoms with E-state index in [0.29, 0.717) is 0 Å². The Kier molecular flexibility index (Phi) is 3.67. The third-order valence-electron chi connectivity index (χ3n) is 2.93. The molecular weight excluding hydrogens is 202 g/mol.